The number of carbonyl (C=O) groups excluding carboxylic acids is 1. The minimum atomic E-state index is -4.61. The van der Waals surface area contributed by atoms with Gasteiger partial charge >= 0.3 is 6.18 Å². The Hall–Kier alpha value is -2.02. The van der Waals surface area contributed by atoms with Crippen LogP contribution in [0.25, 0.3) is 0 Å². The standard InChI is InChI=1S/C16H17ClF3N3O/c1-3-11-4-6-12(7-5-11)21-13(24)8-9-23-10(2)14(17)15(22-23)16(18,19)20/h4-7H,3,8-9H2,1-2H3,(H,21,24). The largest absolute Gasteiger partial charge is 0.436 e. The zero-order valence-corrected chi connectivity index (χ0v) is 14.0. The molecular weight excluding hydrogens is 343 g/mol. The van der Waals surface area contributed by atoms with Crippen molar-refractivity contribution >= 4 is 23.2 Å². The van der Waals surface area contributed by atoms with Crippen molar-refractivity contribution in [1.29, 1.82) is 0 Å². The lowest BCUT2D eigenvalue weighted by molar-refractivity contribution is -0.141. The van der Waals surface area contributed by atoms with Crippen molar-refractivity contribution in [2.45, 2.75) is 39.4 Å². The minimum absolute atomic E-state index is 0.00826. The van der Waals surface area contributed by atoms with Crippen LogP contribution in [0.5, 0.6) is 0 Å². The van der Waals surface area contributed by atoms with Gasteiger partial charge in [-0.2, -0.15) is 18.3 Å². The van der Waals surface area contributed by atoms with E-state index < -0.39 is 16.9 Å². The van der Waals surface area contributed by atoms with Crippen molar-refractivity contribution in [1.82, 2.24) is 9.78 Å². The van der Waals surface area contributed by atoms with Gasteiger partial charge in [-0.15, -0.1) is 0 Å². The Morgan fingerprint density at radius 2 is 1.92 bits per heavy atom. The fourth-order valence-electron chi connectivity index (χ4n) is 2.18. The summed E-state index contributed by atoms with van der Waals surface area (Å²) in [4.78, 5) is 11.9. The summed E-state index contributed by atoms with van der Waals surface area (Å²) in [7, 11) is 0. The van der Waals surface area contributed by atoms with Gasteiger partial charge in [0, 0.05) is 12.1 Å². The molecule has 24 heavy (non-hydrogen) atoms. The zero-order valence-electron chi connectivity index (χ0n) is 13.2. The van der Waals surface area contributed by atoms with Gasteiger partial charge < -0.3 is 5.32 Å². The molecule has 0 fully saturated rings. The van der Waals surface area contributed by atoms with E-state index in [1.165, 1.54) is 6.92 Å². The Bertz CT molecular complexity index is 723. The summed E-state index contributed by atoms with van der Waals surface area (Å²) in [5, 5.41) is 5.73. The number of hydrogen-bond acceptors (Lipinski definition) is 2. The Labute approximate surface area is 142 Å². The molecule has 0 bridgehead atoms. The highest BCUT2D eigenvalue weighted by molar-refractivity contribution is 6.31. The second-order valence-electron chi connectivity index (χ2n) is 5.32. The van der Waals surface area contributed by atoms with Crippen molar-refractivity contribution in [3.63, 3.8) is 0 Å². The van der Waals surface area contributed by atoms with Gasteiger partial charge in [0.2, 0.25) is 5.91 Å². The number of nitrogens with zero attached hydrogens (tertiary/aromatic N) is 2. The number of nitrogens with one attached hydrogen (secondary N) is 1. The molecule has 130 valence electrons. The number of anilines is 1. The number of aryl methyl sites for hydroxylation is 2. The molecule has 1 amide bonds. The summed E-state index contributed by atoms with van der Waals surface area (Å²) in [5.74, 6) is -0.307. The van der Waals surface area contributed by atoms with E-state index >= 15 is 0 Å². The normalized spacial score (nSPS) is 11.6. The molecule has 4 nitrogen and oxygen atoms in total. The van der Waals surface area contributed by atoms with Crippen LogP contribution in [0.2, 0.25) is 5.02 Å². The maximum absolute atomic E-state index is 12.8. The van der Waals surface area contributed by atoms with Gasteiger partial charge in [-0.3, -0.25) is 9.48 Å². The first-order valence-corrected chi connectivity index (χ1v) is 7.79. The first kappa shape index (κ1) is 18.3. The van der Waals surface area contributed by atoms with E-state index in [1.54, 1.807) is 12.1 Å². The Morgan fingerprint density at radius 3 is 2.42 bits per heavy atom. The predicted molar refractivity (Wildman–Crippen MR) is 86.0 cm³/mol. The number of rotatable bonds is 5. The molecule has 1 aromatic carbocycles. The fraction of sp³-hybridized carbons (Fsp3) is 0.375. The molecule has 0 spiro atoms. The number of halogens is 4. The smallest absolute Gasteiger partial charge is 0.326 e. The molecule has 0 aliphatic heterocycles. The average molecular weight is 360 g/mol. The van der Waals surface area contributed by atoms with E-state index in [-0.39, 0.29) is 24.6 Å². The van der Waals surface area contributed by atoms with Gasteiger partial charge in [-0.1, -0.05) is 30.7 Å². The lowest BCUT2D eigenvalue weighted by Crippen LogP contribution is -2.16. The molecule has 0 radical (unpaired) electrons. The lowest BCUT2D eigenvalue weighted by Gasteiger charge is -2.07. The van der Waals surface area contributed by atoms with E-state index in [0.29, 0.717) is 5.69 Å². The quantitative estimate of drug-likeness (QED) is 0.857. The Kier molecular flexibility index (Phi) is 5.54. The van der Waals surface area contributed by atoms with Crippen LogP contribution >= 0.6 is 11.6 Å². The average Bonchev–Trinajstić information content (AvgIpc) is 2.82. The topological polar surface area (TPSA) is 46.9 Å². The molecule has 0 unspecified atom stereocenters. The van der Waals surface area contributed by atoms with Gasteiger partial charge in [0.05, 0.1) is 17.3 Å². The van der Waals surface area contributed by atoms with E-state index in [0.717, 1.165) is 16.7 Å². The van der Waals surface area contributed by atoms with Gasteiger partial charge in [-0.05, 0) is 31.0 Å². The van der Waals surface area contributed by atoms with Gasteiger partial charge in [-0.25, -0.2) is 0 Å². The number of hydrogen-bond donors (Lipinski definition) is 1. The van der Waals surface area contributed by atoms with Crippen molar-refractivity contribution in [3.05, 3.63) is 46.2 Å². The van der Waals surface area contributed by atoms with E-state index in [1.807, 2.05) is 19.1 Å². The maximum Gasteiger partial charge on any atom is 0.436 e. The lowest BCUT2D eigenvalue weighted by atomic mass is 10.1. The summed E-state index contributed by atoms with van der Waals surface area (Å²) < 4.78 is 39.4. The molecule has 0 atom stereocenters. The van der Waals surface area contributed by atoms with E-state index in [2.05, 4.69) is 10.4 Å². The predicted octanol–water partition coefficient (Wildman–Crippen LogP) is 4.45. The molecule has 1 aromatic heterocycles. The third kappa shape index (κ3) is 4.29. The summed E-state index contributed by atoms with van der Waals surface area (Å²) in [6.07, 6.45) is -3.73. The monoisotopic (exact) mass is 359 g/mol. The molecular formula is C16H17ClF3N3O. The highest BCUT2D eigenvalue weighted by Crippen LogP contribution is 2.35. The molecule has 8 heteroatoms. The third-order valence-corrected chi connectivity index (χ3v) is 4.05. The Morgan fingerprint density at radius 1 is 1.29 bits per heavy atom. The van der Waals surface area contributed by atoms with Crippen molar-refractivity contribution in [3.8, 4) is 0 Å². The van der Waals surface area contributed by atoms with E-state index in [9.17, 15) is 18.0 Å². The second-order valence-corrected chi connectivity index (χ2v) is 5.70. The van der Waals surface area contributed by atoms with Crippen LogP contribution in [0.15, 0.2) is 24.3 Å². The maximum atomic E-state index is 12.8. The van der Waals surface area contributed by atoms with Crippen LogP contribution in [0.1, 0.15) is 30.3 Å². The molecule has 0 saturated carbocycles. The van der Waals surface area contributed by atoms with Crippen LogP contribution in [0.3, 0.4) is 0 Å². The molecule has 0 aliphatic rings. The second kappa shape index (κ2) is 7.25. The number of benzene rings is 1. The number of amides is 1. The SMILES string of the molecule is CCc1ccc(NC(=O)CCn2nc(C(F)(F)F)c(Cl)c2C)cc1. The summed E-state index contributed by atoms with van der Waals surface area (Å²) in [6, 6.07) is 7.38. The van der Waals surface area contributed by atoms with Crippen LogP contribution in [-0.4, -0.2) is 15.7 Å². The summed E-state index contributed by atoms with van der Waals surface area (Å²) in [5.41, 5.74) is 0.846. The first-order valence-electron chi connectivity index (χ1n) is 7.41. The molecule has 0 aliphatic carbocycles. The van der Waals surface area contributed by atoms with E-state index in [4.69, 9.17) is 11.6 Å². The molecule has 2 rings (SSSR count). The third-order valence-electron chi connectivity index (χ3n) is 3.60. The van der Waals surface area contributed by atoms with Crippen LogP contribution < -0.4 is 5.32 Å². The molecule has 1 heterocycles. The zero-order chi connectivity index (χ0) is 17.9. The van der Waals surface area contributed by atoms with Crippen LogP contribution in [-0.2, 0) is 23.9 Å². The molecule has 2 aromatic rings. The van der Waals surface area contributed by atoms with Crippen molar-refractivity contribution in [2.24, 2.45) is 0 Å². The number of alkyl halides is 3. The first-order chi connectivity index (χ1) is 11.2. The summed E-state index contributed by atoms with van der Waals surface area (Å²) >= 11 is 5.67. The minimum Gasteiger partial charge on any atom is -0.326 e. The van der Waals surface area contributed by atoms with Gasteiger partial charge in [0.15, 0.2) is 5.69 Å². The van der Waals surface area contributed by atoms with Crippen LogP contribution in [0, 0.1) is 6.92 Å². The highest BCUT2D eigenvalue weighted by atomic mass is 35.5. The van der Waals surface area contributed by atoms with Gasteiger partial charge in [0.25, 0.3) is 0 Å². The van der Waals surface area contributed by atoms with Gasteiger partial charge in [0.1, 0.15) is 0 Å². The summed E-state index contributed by atoms with van der Waals surface area (Å²) in [6.45, 7) is 3.48. The van der Waals surface area contributed by atoms with Crippen LogP contribution in [0.4, 0.5) is 18.9 Å². The Balaban J connectivity index is 1.99. The molecule has 0 saturated heterocycles. The number of carbonyl (C=O) groups is 1. The highest BCUT2D eigenvalue weighted by Gasteiger charge is 2.38. The van der Waals surface area contributed by atoms with Crippen molar-refractivity contribution < 1.29 is 18.0 Å². The number of aromatic nitrogens is 2. The molecule has 1 N–H and O–H groups in total. The van der Waals surface area contributed by atoms with Crippen molar-refractivity contribution in [2.75, 3.05) is 5.32 Å². The fourth-order valence-corrected chi connectivity index (χ4v) is 2.42.